The molecule has 0 aromatic heterocycles. The molecule has 0 radical (unpaired) electrons. The molecule has 50 valence electrons. The maximum Gasteiger partial charge on any atom is 0.217 e. The zero-order chi connectivity index (χ0) is 6.41. The van der Waals surface area contributed by atoms with E-state index in [-0.39, 0.29) is 7.33 Å². The van der Waals surface area contributed by atoms with Gasteiger partial charge in [-0.05, 0) is 6.42 Å². The predicted octanol–water partition coefficient (Wildman–Crippen LogP) is 1.30. The van der Waals surface area contributed by atoms with Crippen molar-refractivity contribution in [2.75, 3.05) is 0 Å². The third-order valence-corrected chi connectivity index (χ3v) is 1.03. The van der Waals surface area contributed by atoms with Gasteiger partial charge in [0.15, 0.2) is 0 Å². The summed E-state index contributed by atoms with van der Waals surface area (Å²) in [4.78, 5) is 10.1. The summed E-state index contributed by atoms with van der Waals surface area (Å²) in [6, 6.07) is 0. The van der Waals surface area contributed by atoms with Crippen LogP contribution in [0.15, 0.2) is 0 Å². The van der Waals surface area contributed by atoms with Crippen molar-refractivity contribution in [1.82, 2.24) is 0 Å². The highest BCUT2D eigenvalue weighted by molar-refractivity contribution is 5.73. The van der Waals surface area contributed by atoms with E-state index in [1.54, 1.807) is 0 Å². The van der Waals surface area contributed by atoms with Gasteiger partial charge < -0.3 is 5.73 Å². The number of rotatable bonds is 4. The van der Waals surface area contributed by atoms with Gasteiger partial charge in [-0.25, -0.2) is 0 Å². The van der Waals surface area contributed by atoms with E-state index >= 15 is 0 Å². The van der Waals surface area contributed by atoms with Crippen LogP contribution in [-0.4, -0.2) is 5.91 Å². The van der Waals surface area contributed by atoms with Crippen LogP contribution in [0.1, 0.15) is 34.0 Å². The molecule has 0 rings (SSSR count). The number of amides is 1. The summed E-state index contributed by atoms with van der Waals surface area (Å²) in [7, 11) is 0. The lowest BCUT2D eigenvalue weighted by Gasteiger charge is -1.90. The largest absolute Gasteiger partial charge is 0.370 e. The molecule has 0 aliphatic heterocycles. The van der Waals surface area contributed by atoms with Gasteiger partial charge in [0, 0.05) is 7.85 Å². The van der Waals surface area contributed by atoms with Crippen LogP contribution in [0.4, 0.5) is 0 Å². The van der Waals surface area contributed by atoms with E-state index in [1.807, 2.05) is 0 Å². The van der Waals surface area contributed by atoms with E-state index in [0.717, 1.165) is 19.3 Å². The summed E-state index contributed by atoms with van der Waals surface area (Å²) in [6.07, 6.45) is 3.76. The fraction of sp³-hybridized carbons (Fsp3) is 0.833. The van der Waals surface area contributed by atoms with Crippen LogP contribution < -0.4 is 5.73 Å². The second-order valence-corrected chi connectivity index (χ2v) is 1.92. The third kappa shape index (κ3) is 5.47. The molecule has 0 saturated heterocycles. The van der Waals surface area contributed by atoms with Crippen LogP contribution in [-0.2, 0) is 4.79 Å². The Hall–Kier alpha value is -0.530. The average molecular weight is 117 g/mol. The molecule has 8 heavy (non-hydrogen) atoms. The average Bonchev–Trinajstić information content (AvgIpc) is 1.66. The van der Waals surface area contributed by atoms with Crippen molar-refractivity contribution in [1.29, 1.82) is 0 Å². The molecule has 1 amide bonds. The topological polar surface area (TPSA) is 43.1 Å². The zero-order valence-electron chi connectivity index (χ0n) is 5.31. The van der Waals surface area contributed by atoms with Gasteiger partial charge in [0.1, 0.15) is 0 Å². The van der Waals surface area contributed by atoms with Crippen molar-refractivity contribution in [3.8, 4) is 0 Å². The summed E-state index contributed by atoms with van der Waals surface area (Å²) < 4.78 is 0. The van der Waals surface area contributed by atoms with E-state index in [2.05, 4.69) is 6.92 Å². The van der Waals surface area contributed by atoms with E-state index in [9.17, 15) is 4.79 Å². The van der Waals surface area contributed by atoms with Gasteiger partial charge in [-0.3, -0.25) is 4.79 Å². The first-order chi connectivity index (χ1) is 3.77. The second kappa shape index (κ2) is 4.62. The summed E-state index contributed by atoms with van der Waals surface area (Å²) in [5.74, 6) is -0.182. The number of carbonyl (C=O) groups is 1. The van der Waals surface area contributed by atoms with Crippen molar-refractivity contribution < 1.29 is 6.22 Å². The SMILES string of the molecule is CCCCCC(N)=O.[HH]. The number of hydrogen-bond donors (Lipinski definition) is 1. The number of primary amides is 1. The van der Waals surface area contributed by atoms with E-state index < -0.39 is 0 Å². The Kier molecular flexibility index (Phi) is 4.32. The summed E-state index contributed by atoms with van der Waals surface area (Å²) >= 11 is 0. The maximum atomic E-state index is 10.1. The van der Waals surface area contributed by atoms with Crippen LogP contribution in [0.2, 0.25) is 0 Å². The van der Waals surface area contributed by atoms with Crippen LogP contribution in [0, 0.1) is 0 Å². The number of unbranched alkanes of at least 4 members (excludes halogenated alkanes) is 2. The molecule has 0 bridgehead atoms. The van der Waals surface area contributed by atoms with Gasteiger partial charge in [0.25, 0.3) is 0 Å². The fourth-order valence-electron chi connectivity index (χ4n) is 0.549. The second-order valence-electron chi connectivity index (χ2n) is 1.92. The van der Waals surface area contributed by atoms with Crippen molar-refractivity contribution in [2.45, 2.75) is 32.6 Å². The third-order valence-electron chi connectivity index (χ3n) is 1.03. The summed E-state index contributed by atoms with van der Waals surface area (Å²) in [6.45, 7) is 2.10. The molecule has 2 N–H and O–H groups in total. The highest BCUT2D eigenvalue weighted by Crippen LogP contribution is 1.96. The molecule has 0 atom stereocenters. The van der Waals surface area contributed by atoms with Gasteiger partial charge in [-0.2, -0.15) is 0 Å². The summed E-state index contributed by atoms with van der Waals surface area (Å²) in [5, 5.41) is 0. The smallest absolute Gasteiger partial charge is 0.217 e. The monoisotopic (exact) mass is 117 g/mol. The lowest BCUT2D eigenvalue weighted by molar-refractivity contribution is -0.118. The molecule has 0 fully saturated rings. The molecule has 0 unspecified atom stereocenters. The first-order valence-electron chi connectivity index (χ1n) is 3.05. The molecule has 0 saturated carbocycles. The number of carbonyl (C=O) groups excluding carboxylic acids is 1. The van der Waals surface area contributed by atoms with E-state index in [4.69, 9.17) is 5.73 Å². The Labute approximate surface area is 51.6 Å². The number of hydrogen-bond acceptors (Lipinski definition) is 1. The van der Waals surface area contributed by atoms with Gasteiger partial charge in [0.05, 0.1) is 0 Å². The lowest BCUT2D eigenvalue weighted by Crippen LogP contribution is -2.09. The van der Waals surface area contributed by atoms with Crippen LogP contribution in [0.25, 0.3) is 0 Å². The molecule has 0 aromatic rings. The predicted molar refractivity (Wildman–Crippen MR) is 35.5 cm³/mol. The van der Waals surface area contributed by atoms with Crippen LogP contribution in [0.5, 0.6) is 0 Å². The standard InChI is InChI=1S/C6H13NO.H2/c1-2-3-4-5-6(7)8;/h2-5H2,1H3,(H2,7,8);1H. The molecule has 2 heteroatoms. The molecular formula is C6H15NO. The van der Waals surface area contributed by atoms with Crippen molar-refractivity contribution in [2.24, 2.45) is 5.73 Å². The highest BCUT2D eigenvalue weighted by Gasteiger charge is 1.90. The lowest BCUT2D eigenvalue weighted by atomic mass is 10.2. The fourth-order valence-corrected chi connectivity index (χ4v) is 0.549. The van der Waals surface area contributed by atoms with Crippen molar-refractivity contribution in [3.63, 3.8) is 0 Å². The molecule has 0 spiro atoms. The normalized spacial score (nSPS) is 9.12. The molecule has 0 aliphatic carbocycles. The Balaban J connectivity index is 0. The van der Waals surface area contributed by atoms with Gasteiger partial charge in [-0.15, -0.1) is 0 Å². The van der Waals surface area contributed by atoms with E-state index in [1.165, 1.54) is 0 Å². The van der Waals surface area contributed by atoms with Crippen molar-refractivity contribution >= 4 is 5.91 Å². The Morgan fingerprint density at radius 1 is 1.62 bits per heavy atom. The molecular weight excluding hydrogens is 102 g/mol. The molecule has 0 aliphatic rings. The van der Waals surface area contributed by atoms with Crippen molar-refractivity contribution in [3.05, 3.63) is 0 Å². The maximum absolute atomic E-state index is 10.1. The Morgan fingerprint density at radius 3 is 2.62 bits per heavy atom. The van der Waals surface area contributed by atoms with Gasteiger partial charge in [-0.1, -0.05) is 19.8 Å². The zero-order valence-corrected chi connectivity index (χ0v) is 5.31. The van der Waals surface area contributed by atoms with Crippen LogP contribution in [0.3, 0.4) is 0 Å². The first kappa shape index (κ1) is 7.47. The first-order valence-corrected chi connectivity index (χ1v) is 3.05. The minimum absolute atomic E-state index is 0. The minimum Gasteiger partial charge on any atom is -0.370 e. The Bertz CT molecular complexity index is 75.5. The number of nitrogens with two attached hydrogens (primary N) is 1. The quantitative estimate of drug-likeness (QED) is 0.554. The summed E-state index contributed by atoms with van der Waals surface area (Å²) in [5.41, 5.74) is 4.89. The molecule has 0 aromatic carbocycles. The van der Waals surface area contributed by atoms with E-state index in [0.29, 0.717) is 6.42 Å². The van der Waals surface area contributed by atoms with Gasteiger partial charge >= 0.3 is 0 Å². The minimum atomic E-state index is -0.182. The molecule has 2 nitrogen and oxygen atoms in total. The molecule has 0 heterocycles. The Morgan fingerprint density at radius 2 is 2.25 bits per heavy atom. The van der Waals surface area contributed by atoms with Gasteiger partial charge in [0.2, 0.25) is 5.91 Å². The van der Waals surface area contributed by atoms with Crippen LogP contribution >= 0.6 is 0 Å². The highest BCUT2D eigenvalue weighted by atomic mass is 16.1.